The Morgan fingerprint density at radius 2 is 2.00 bits per heavy atom. The molecule has 1 aliphatic rings. The van der Waals surface area contributed by atoms with Crippen LogP contribution in [0.15, 0.2) is 0 Å². The average Bonchev–Trinajstić information content (AvgIpc) is 2.89. The quantitative estimate of drug-likeness (QED) is 0.682. The lowest BCUT2D eigenvalue weighted by molar-refractivity contribution is 0.130. The highest BCUT2D eigenvalue weighted by atomic mass is 15.2. The number of hydrogen-bond donors (Lipinski definition) is 1. The van der Waals surface area contributed by atoms with E-state index in [2.05, 4.69) is 25.7 Å². The number of hydrogen-bond acceptors (Lipinski definition) is 2. The van der Waals surface area contributed by atoms with E-state index in [1.165, 1.54) is 25.8 Å². The van der Waals surface area contributed by atoms with Crippen LogP contribution >= 0.6 is 0 Å². The summed E-state index contributed by atoms with van der Waals surface area (Å²) in [5.74, 6) is 1.03. The molecule has 2 heteroatoms. The van der Waals surface area contributed by atoms with Gasteiger partial charge in [-0.1, -0.05) is 19.8 Å². The van der Waals surface area contributed by atoms with Gasteiger partial charge in [0.25, 0.3) is 0 Å². The second-order valence-corrected chi connectivity index (χ2v) is 4.83. The van der Waals surface area contributed by atoms with Crippen LogP contribution in [0.3, 0.4) is 0 Å². The largest absolute Gasteiger partial charge is 0.329 e. The van der Waals surface area contributed by atoms with Crippen LogP contribution < -0.4 is 5.73 Å². The van der Waals surface area contributed by atoms with Gasteiger partial charge in [-0.25, -0.2) is 0 Å². The third-order valence-electron chi connectivity index (χ3n) is 3.24. The molecule has 0 aromatic carbocycles. The van der Waals surface area contributed by atoms with Crippen LogP contribution in [0, 0.1) is 5.92 Å². The van der Waals surface area contributed by atoms with Crippen molar-refractivity contribution in [2.24, 2.45) is 11.7 Å². The molecule has 0 aromatic heterocycles. The van der Waals surface area contributed by atoms with E-state index in [0.717, 1.165) is 19.0 Å². The average molecular weight is 184 g/mol. The Labute approximate surface area is 82.5 Å². The van der Waals surface area contributed by atoms with Gasteiger partial charge in [-0.05, 0) is 39.3 Å². The first kappa shape index (κ1) is 11.0. The van der Waals surface area contributed by atoms with E-state index < -0.39 is 0 Å². The highest BCUT2D eigenvalue weighted by molar-refractivity contribution is 4.83. The van der Waals surface area contributed by atoms with Crippen LogP contribution in [0.5, 0.6) is 0 Å². The van der Waals surface area contributed by atoms with Crippen molar-refractivity contribution in [3.05, 3.63) is 0 Å². The highest BCUT2D eigenvalue weighted by Crippen LogP contribution is 2.33. The van der Waals surface area contributed by atoms with Gasteiger partial charge in [0.05, 0.1) is 0 Å². The Morgan fingerprint density at radius 1 is 1.38 bits per heavy atom. The monoisotopic (exact) mass is 184 g/mol. The maximum atomic E-state index is 5.76. The van der Waals surface area contributed by atoms with Crippen molar-refractivity contribution >= 4 is 0 Å². The Kier molecular flexibility index (Phi) is 3.74. The summed E-state index contributed by atoms with van der Waals surface area (Å²) in [5.41, 5.74) is 5.95. The molecule has 0 spiro atoms. The minimum Gasteiger partial charge on any atom is -0.329 e. The lowest BCUT2D eigenvalue weighted by Gasteiger charge is -2.37. The third kappa shape index (κ3) is 3.28. The number of likely N-dealkylation sites (N-methyl/N-ethyl adjacent to an activating group) is 1. The van der Waals surface area contributed by atoms with Gasteiger partial charge in [0.2, 0.25) is 0 Å². The van der Waals surface area contributed by atoms with E-state index in [9.17, 15) is 0 Å². The van der Waals surface area contributed by atoms with Crippen molar-refractivity contribution in [3.63, 3.8) is 0 Å². The molecular weight excluding hydrogens is 160 g/mol. The fraction of sp³-hybridized carbons (Fsp3) is 1.00. The molecule has 78 valence electrons. The summed E-state index contributed by atoms with van der Waals surface area (Å²) in [6.45, 7) is 9.81. The molecule has 0 amide bonds. The molecule has 1 saturated carbocycles. The van der Waals surface area contributed by atoms with E-state index >= 15 is 0 Å². The standard InChI is InChI=1S/C11H24N2/c1-4-13(11(2,3)9-12)8-7-10-5-6-10/h10H,4-9,12H2,1-3H3. The van der Waals surface area contributed by atoms with Gasteiger partial charge >= 0.3 is 0 Å². The minimum atomic E-state index is 0.184. The van der Waals surface area contributed by atoms with E-state index in [1.54, 1.807) is 0 Å². The van der Waals surface area contributed by atoms with Crippen LogP contribution in [0.2, 0.25) is 0 Å². The molecule has 0 atom stereocenters. The van der Waals surface area contributed by atoms with Crippen molar-refractivity contribution in [1.29, 1.82) is 0 Å². The topological polar surface area (TPSA) is 29.3 Å². The molecule has 0 saturated heterocycles. The first-order valence-electron chi connectivity index (χ1n) is 5.55. The zero-order valence-electron chi connectivity index (χ0n) is 9.34. The normalized spacial score (nSPS) is 18.2. The van der Waals surface area contributed by atoms with E-state index in [4.69, 9.17) is 5.73 Å². The molecule has 0 radical (unpaired) electrons. The lowest BCUT2D eigenvalue weighted by atomic mass is 10.0. The van der Waals surface area contributed by atoms with Crippen molar-refractivity contribution < 1.29 is 0 Å². The van der Waals surface area contributed by atoms with Gasteiger partial charge < -0.3 is 5.73 Å². The lowest BCUT2D eigenvalue weighted by Crippen LogP contribution is -2.49. The van der Waals surface area contributed by atoms with Crippen LogP contribution in [0.1, 0.15) is 40.0 Å². The van der Waals surface area contributed by atoms with Gasteiger partial charge in [0, 0.05) is 12.1 Å². The number of rotatable bonds is 6. The van der Waals surface area contributed by atoms with Crippen molar-refractivity contribution in [2.75, 3.05) is 19.6 Å². The Hall–Kier alpha value is -0.0800. The first-order chi connectivity index (χ1) is 6.10. The van der Waals surface area contributed by atoms with E-state index in [1.807, 2.05) is 0 Å². The predicted octanol–water partition coefficient (Wildman–Crippen LogP) is 1.85. The maximum absolute atomic E-state index is 5.76. The Bertz CT molecular complexity index is 150. The second-order valence-electron chi connectivity index (χ2n) is 4.83. The molecule has 2 N–H and O–H groups in total. The van der Waals surface area contributed by atoms with Crippen molar-refractivity contribution in [3.8, 4) is 0 Å². The third-order valence-corrected chi connectivity index (χ3v) is 3.24. The highest BCUT2D eigenvalue weighted by Gasteiger charge is 2.27. The first-order valence-corrected chi connectivity index (χ1v) is 5.55. The molecule has 0 unspecified atom stereocenters. The molecule has 13 heavy (non-hydrogen) atoms. The van der Waals surface area contributed by atoms with Crippen LogP contribution in [-0.4, -0.2) is 30.1 Å². The van der Waals surface area contributed by atoms with Gasteiger partial charge in [0.15, 0.2) is 0 Å². The molecule has 1 aliphatic carbocycles. The molecular formula is C11H24N2. The van der Waals surface area contributed by atoms with Crippen molar-refractivity contribution in [2.45, 2.75) is 45.6 Å². The molecule has 1 fully saturated rings. The summed E-state index contributed by atoms with van der Waals surface area (Å²) in [6, 6.07) is 0. The summed E-state index contributed by atoms with van der Waals surface area (Å²) in [5, 5.41) is 0. The van der Waals surface area contributed by atoms with Gasteiger partial charge in [-0.3, -0.25) is 4.90 Å². The second kappa shape index (κ2) is 4.43. The zero-order chi connectivity index (χ0) is 9.90. The van der Waals surface area contributed by atoms with E-state index in [-0.39, 0.29) is 5.54 Å². The predicted molar refractivity (Wildman–Crippen MR) is 57.7 cm³/mol. The van der Waals surface area contributed by atoms with Crippen LogP contribution in [-0.2, 0) is 0 Å². The zero-order valence-corrected chi connectivity index (χ0v) is 9.34. The van der Waals surface area contributed by atoms with Crippen molar-refractivity contribution in [1.82, 2.24) is 4.90 Å². The SMILES string of the molecule is CCN(CCC1CC1)C(C)(C)CN. The summed E-state index contributed by atoms with van der Waals surface area (Å²) in [4.78, 5) is 2.51. The van der Waals surface area contributed by atoms with Crippen LogP contribution in [0.4, 0.5) is 0 Å². The minimum absolute atomic E-state index is 0.184. The number of nitrogens with zero attached hydrogens (tertiary/aromatic N) is 1. The summed E-state index contributed by atoms with van der Waals surface area (Å²) < 4.78 is 0. The summed E-state index contributed by atoms with van der Waals surface area (Å²) in [6.07, 6.45) is 4.29. The fourth-order valence-electron chi connectivity index (χ4n) is 1.76. The fourth-order valence-corrected chi connectivity index (χ4v) is 1.76. The Balaban J connectivity index is 2.30. The number of nitrogens with two attached hydrogens (primary N) is 1. The van der Waals surface area contributed by atoms with Gasteiger partial charge in [-0.2, -0.15) is 0 Å². The molecule has 0 aromatic rings. The molecule has 0 aliphatic heterocycles. The molecule has 2 nitrogen and oxygen atoms in total. The molecule has 0 heterocycles. The summed E-state index contributed by atoms with van der Waals surface area (Å²) >= 11 is 0. The Morgan fingerprint density at radius 3 is 2.38 bits per heavy atom. The summed E-state index contributed by atoms with van der Waals surface area (Å²) in [7, 11) is 0. The van der Waals surface area contributed by atoms with Gasteiger partial charge in [-0.15, -0.1) is 0 Å². The molecule has 0 bridgehead atoms. The maximum Gasteiger partial charge on any atom is 0.0275 e. The van der Waals surface area contributed by atoms with Crippen LogP contribution in [0.25, 0.3) is 0 Å². The van der Waals surface area contributed by atoms with Gasteiger partial charge in [0.1, 0.15) is 0 Å². The molecule has 1 rings (SSSR count). The smallest absolute Gasteiger partial charge is 0.0275 e. The van der Waals surface area contributed by atoms with E-state index in [0.29, 0.717) is 0 Å².